The maximum Gasteiger partial charge on any atom is 0.329 e. The van der Waals surface area contributed by atoms with Crippen LogP contribution in [0.15, 0.2) is 24.3 Å². The van der Waals surface area contributed by atoms with Crippen LogP contribution in [0.3, 0.4) is 0 Å². The number of phenolic OH excluding ortho intramolecular Hbond substituents is 1. The van der Waals surface area contributed by atoms with Crippen LogP contribution in [-0.2, 0) is 9.59 Å². The number of aliphatic carboxylic acids is 1. The minimum absolute atomic E-state index is 0.00608. The summed E-state index contributed by atoms with van der Waals surface area (Å²) in [5.41, 5.74) is 3.02. The fourth-order valence-corrected chi connectivity index (χ4v) is 1.69. The number of aliphatic hydroxyl groups is 1. The Morgan fingerprint density at radius 3 is 2.24 bits per heavy atom. The van der Waals surface area contributed by atoms with Crippen LogP contribution >= 0.6 is 0 Å². The van der Waals surface area contributed by atoms with Crippen molar-refractivity contribution in [3.63, 3.8) is 0 Å². The lowest BCUT2D eigenvalue weighted by Gasteiger charge is -2.28. The number of nitrogens with zero attached hydrogens (tertiary/aromatic N) is 2. The number of benzene rings is 1. The first kappa shape index (κ1) is 16.9. The number of aromatic hydroxyl groups is 1. The molecule has 1 amide bonds. The zero-order chi connectivity index (χ0) is 16.0. The van der Waals surface area contributed by atoms with E-state index in [2.05, 4.69) is 5.43 Å². The monoisotopic (exact) mass is 297 g/mol. The molecule has 0 aliphatic heterocycles. The second-order valence-electron chi connectivity index (χ2n) is 4.55. The van der Waals surface area contributed by atoms with Crippen LogP contribution in [0.25, 0.3) is 0 Å². The topological polar surface area (TPSA) is 113 Å². The van der Waals surface area contributed by atoms with Crippen molar-refractivity contribution in [1.29, 1.82) is 0 Å². The first-order valence-electron chi connectivity index (χ1n) is 6.22. The second kappa shape index (κ2) is 7.58. The van der Waals surface area contributed by atoms with E-state index in [1.807, 2.05) is 0 Å². The molecule has 0 unspecified atom stereocenters. The highest BCUT2D eigenvalue weighted by Gasteiger charge is 2.30. The molecule has 8 heteroatoms. The molecule has 0 aromatic heterocycles. The number of carboxylic acids is 1. The molecule has 0 fully saturated rings. The van der Waals surface area contributed by atoms with E-state index in [0.29, 0.717) is 0 Å². The van der Waals surface area contributed by atoms with Crippen LogP contribution < -0.4 is 10.3 Å². The van der Waals surface area contributed by atoms with E-state index in [4.69, 9.17) is 5.11 Å². The molecule has 0 saturated heterocycles. The zero-order valence-electron chi connectivity index (χ0n) is 11.9. The van der Waals surface area contributed by atoms with Crippen molar-refractivity contribution in [2.75, 3.05) is 32.1 Å². The Bertz CT molecular complexity index is 489. The van der Waals surface area contributed by atoms with Gasteiger partial charge in [0.2, 0.25) is 5.91 Å². The van der Waals surface area contributed by atoms with Crippen molar-refractivity contribution in [1.82, 2.24) is 10.4 Å². The fraction of sp³-hybridized carbons (Fsp3) is 0.385. The molecule has 1 rings (SSSR count). The molecule has 1 aromatic rings. The first-order valence-corrected chi connectivity index (χ1v) is 6.22. The van der Waals surface area contributed by atoms with E-state index in [1.54, 1.807) is 19.1 Å². The van der Waals surface area contributed by atoms with Gasteiger partial charge in [0.1, 0.15) is 5.75 Å². The quantitative estimate of drug-likeness (QED) is 0.489. The van der Waals surface area contributed by atoms with Crippen LogP contribution in [0.1, 0.15) is 0 Å². The number of phenols is 1. The summed E-state index contributed by atoms with van der Waals surface area (Å²) in [7, 11) is 3.39. The van der Waals surface area contributed by atoms with Gasteiger partial charge in [-0.3, -0.25) is 14.7 Å². The van der Waals surface area contributed by atoms with Gasteiger partial charge in [-0.1, -0.05) is 0 Å². The highest BCUT2D eigenvalue weighted by molar-refractivity contribution is 6.00. The Balaban J connectivity index is 3.07. The molecule has 8 nitrogen and oxygen atoms in total. The van der Waals surface area contributed by atoms with Crippen LogP contribution in [0, 0.1) is 0 Å². The van der Waals surface area contributed by atoms with Crippen molar-refractivity contribution in [2.45, 2.75) is 6.04 Å². The maximum atomic E-state index is 12.2. The van der Waals surface area contributed by atoms with E-state index in [0.717, 1.165) is 4.90 Å². The Kier molecular flexibility index (Phi) is 6.10. The predicted octanol–water partition coefficient (Wildman–Crippen LogP) is -0.763. The molecule has 0 bridgehead atoms. The van der Waals surface area contributed by atoms with Crippen LogP contribution in [0.4, 0.5) is 5.69 Å². The zero-order valence-corrected chi connectivity index (χ0v) is 11.9. The van der Waals surface area contributed by atoms with E-state index in [1.165, 1.54) is 24.3 Å². The van der Waals surface area contributed by atoms with Gasteiger partial charge in [-0.25, -0.2) is 10.2 Å². The van der Waals surface area contributed by atoms with E-state index in [-0.39, 0.29) is 18.0 Å². The summed E-state index contributed by atoms with van der Waals surface area (Å²) >= 11 is 0. The molecule has 0 saturated carbocycles. The number of amides is 1. The van der Waals surface area contributed by atoms with Gasteiger partial charge in [0.15, 0.2) is 6.04 Å². The van der Waals surface area contributed by atoms with Crippen molar-refractivity contribution >= 4 is 17.6 Å². The number of hydrogen-bond donors (Lipinski definition) is 4. The third kappa shape index (κ3) is 4.71. The van der Waals surface area contributed by atoms with Crippen LogP contribution in [0.5, 0.6) is 5.75 Å². The third-order valence-corrected chi connectivity index (χ3v) is 2.71. The van der Waals surface area contributed by atoms with E-state index in [9.17, 15) is 19.8 Å². The number of hydrogen-bond acceptors (Lipinski definition) is 6. The number of rotatable bonds is 7. The van der Waals surface area contributed by atoms with Gasteiger partial charge in [-0.05, 0) is 24.3 Å². The summed E-state index contributed by atoms with van der Waals surface area (Å²) in [5.74, 6) is -1.84. The van der Waals surface area contributed by atoms with Crippen molar-refractivity contribution in [3.05, 3.63) is 24.3 Å². The lowest BCUT2D eigenvalue weighted by atomic mass is 10.2. The molecule has 116 valence electrons. The molecule has 0 aliphatic rings. The maximum absolute atomic E-state index is 12.2. The van der Waals surface area contributed by atoms with Crippen LogP contribution in [-0.4, -0.2) is 65.5 Å². The number of carboxylic acid groups (broad SMARTS) is 1. The number of carbonyl (C=O) groups excluding carboxylic acids is 1. The molecule has 4 N–H and O–H groups in total. The molecule has 1 atom stereocenters. The lowest BCUT2D eigenvalue weighted by molar-refractivity contribution is -0.141. The Hall–Kier alpha value is -2.16. The van der Waals surface area contributed by atoms with E-state index >= 15 is 0 Å². The molecule has 1 aromatic carbocycles. The summed E-state index contributed by atoms with van der Waals surface area (Å²) in [6, 6.07) is 4.10. The number of aliphatic hydroxyl groups excluding tert-OH is 1. The van der Waals surface area contributed by atoms with Gasteiger partial charge in [-0.2, -0.15) is 0 Å². The predicted molar refractivity (Wildman–Crippen MR) is 75.8 cm³/mol. The van der Waals surface area contributed by atoms with Gasteiger partial charge in [-0.15, -0.1) is 0 Å². The van der Waals surface area contributed by atoms with Crippen molar-refractivity contribution < 1.29 is 24.9 Å². The number of carbonyl (C=O) groups is 2. The third-order valence-electron chi connectivity index (χ3n) is 2.71. The number of anilines is 1. The molecule has 0 spiro atoms. The van der Waals surface area contributed by atoms with Gasteiger partial charge in [0.25, 0.3) is 0 Å². The first-order chi connectivity index (χ1) is 9.86. The number of hydrazine groups is 1. The van der Waals surface area contributed by atoms with Gasteiger partial charge >= 0.3 is 5.97 Å². The fourth-order valence-electron chi connectivity index (χ4n) is 1.69. The summed E-state index contributed by atoms with van der Waals surface area (Å²) in [6.45, 7) is -0.846. The SMILES string of the molecule is CN(C)NCC(=O)N(c1ccc(O)cc1)[C@@H](CO)C(=O)O. The molecule has 0 heterocycles. The minimum Gasteiger partial charge on any atom is -0.508 e. The summed E-state index contributed by atoms with van der Waals surface area (Å²) in [5, 5.41) is 29.2. The Labute approximate surface area is 122 Å². The highest BCUT2D eigenvalue weighted by Crippen LogP contribution is 2.21. The van der Waals surface area contributed by atoms with Gasteiger partial charge in [0, 0.05) is 19.8 Å². The highest BCUT2D eigenvalue weighted by atomic mass is 16.4. The summed E-state index contributed by atoms with van der Waals surface area (Å²) in [6.07, 6.45) is 0. The molecule has 0 radical (unpaired) electrons. The smallest absolute Gasteiger partial charge is 0.329 e. The minimum atomic E-state index is -1.40. The summed E-state index contributed by atoms with van der Waals surface area (Å²) in [4.78, 5) is 24.4. The van der Waals surface area contributed by atoms with Gasteiger partial charge in [0.05, 0.1) is 13.2 Å². The number of nitrogens with one attached hydrogen (secondary N) is 1. The molecular weight excluding hydrogens is 278 g/mol. The lowest BCUT2D eigenvalue weighted by Crippen LogP contribution is -2.51. The normalized spacial score (nSPS) is 12.2. The summed E-state index contributed by atoms with van der Waals surface area (Å²) < 4.78 is 0. The van der Waals surface area contributed by atoms with Crippen molar-refractivity contribution in [2.24, 2.45) is 0 Å². The van der Waals surface area contributed by atoms with Crippen LogP contribution in [0.2, 0.25) is 0 Å². The Morgan fingerprint density at radius 1 is 1.24 bits per heavy atom. The standard InChI is InChI=1S/C13H19N3O5/c1-15(2)14-7-12(19)16(11(8-17)13(20)21)9-3-5-10(18)6-4-9/h3-6,11,14,17-18H,7-8H2,1-2H3,(H,20,21)/t11-/m0/s1. The van der Waals surface area contributed by atoms with Crippen molar-refractivity contribution in [3.8, 4) is 5.75 Å². The van der Waals surface area contributed by atoms with E-state index < -0.39 is 24.5 Å². The molecule has 21 heavy (non-hydrogen) atoms. The Morgan fingerprint density at radius 2 is 1.81 bits per heavy atom. The average Bonchev–Trinajstić information content (AvgIpc) is 2.42. The largest absolute Gasteiger partial charge is 0.508 e. The second-order valence-corrected chi connectivity index (χ2v) is 4.55. The molecule has 0 aliphatic carbocycles. The average molecular weight is 297 g/mol. The molecular formula is C13H19N3O5. The van der Waals surface area contributed by atoms with Gasteiger partial charge < -0.3 is 15.3 Å².